The number of thiazole rings is 1. The van der Waals surface area contributed by atoms with E-state index in [0.717, 1.165) is 35.6 Å². The first-order chi connectivity index (χ1) is 13.7. The molecule has 0 aliphatic heterocycles. The van der Waals surface area contributed by atoms with Crippen LogP contribution in [-0.4, -0.2) is 15.2 Å². The molecule has 2 aromatic heterocycles. The molecule has 0 unspecified atom stereocenters. The molecule has 0 saturated heterocycles. The van der Waals surface area contributed by atoms with Crippen molar-refractivity contribution in [3.8, 4) is 22.4 Å². The van der Waals surface area contributed by atoms with Crippen molar-refractivity contribution in [1.29, 1.82) is 0 Å². The Bertz CT molecular complexity index is 1020. The lowest BCUT2D eigenvalue weighted by molar-refractivity contribution is 0.679. The highest BCUT2D eigenvalue weighted by Crippen LogP contribution is 2.26. The van der Waals surface area contributed by atoms with Gasteiger partial charge in [-0.25, -0.2) is 4.98 Å². The van der Waals surface area contributed by atoms with Gasteiger partial charge in [-0.1, -0.05) is 68.4 Å². The summed E-state index contributed by atoms with van der Waals surface area (Å²) in [5.74, 6) is 0.484. The van der Waals surface area contributed by atoms with Crippen LogP contribution in [0, 0.1) is 0 Å². The lowest BCUT2D eigenvalue weighted by Crippen LogP contribution is -2.13. The average Bonchev–Trinajstić information content (AvgIpc) is 3.39. The molecule has 4 nitrogen and oxygen atoms in total. The third-order valence-electron chi connectivity index (χ3n) is 4.68. The molecule has 0 spiro atoms. The van der Waals surface area contributed by atoms with Crippen LogP contribution in [0.5, 0.6) is 0 Å². The lowest BCUT2D eigenvalue weighted by atomic mass is 10.0. The fourth-order valence-electron chi connectivity index (χ4n) is 3.15. The second-order valence-electron chi connectivity index (χ2n) is 7.15. The minimum Gasteiger partial charge on any atom is -0.307 e. The molecule has 2 N–H and O–H groups in total. The topological polar surface area (TPSA) is 53.6 Å². The van der Waals surface area contributed by atoms with E-state index < -0.39 is 0 Å². The zero-order valence-corrected chi connectivity index (χ0v) is 17.0. The van der Waals surface area contributed by atoms with E-state index in [-0.39, 0.29) is 0 Å². The Labute approximate surface area is 169 Å². The molecule has 0 atom stereocenters. The molecule has 2 aromatic carbocycles. The minimum atomic E-state index is 0.484. The minimum absolute atomic E-state index is 0.484. The maximum atomic E-state index is 4.68. The fraction of sp³-hybridized carbons (Fsp3) is 0.217. The summed E-state index contributed by atoms with van der Waals surface area (Å²) in [7, 11) is 0. The predicted octanol–water partition coefficient (Wildman–Crippen LogP) is 5.61. The molecule has 0 fully saturated rings. The third-order valence-corrected chi connectivity index (χ3v) is 5.88. The summed E-state index contributed by atoms with van der Waals surface area (Å²) in [6.07, 6.45) is 1.90. The number of rotatable bonds is 7. The Kier molecular flexibility index (Phi) is 5.65. The van der Waals surface area contributed by atoms with Gasteiger partial charge in [-0.3, -0.25) is 5.10 Å². The maximum absolute atomic E-state index is 4.68. The first kappa shape index (κ1) is 18.6. The summed E-state index contributed by atoms with van der Waals surface area (Å²) in [4.78, 5) is 4.68. The van der Waals surface area contributed by atoms with Crippen LogP contribution in [-0.2, 0) is 13.1 Å². The van der Waals surface area contributed by atoms with Crippen LogP contribution in [0.1, 0.15) is 36.0 Å². The summed E-state index contributed by atoms with van der Waals surface area (Å²) < 4.78 is 0. The van der Waals surface area contributed by atoms with Crippen LogP contribution in [0.15, 0.2) is 66.2 Å². The standard InChI is InChI=1S/C23H24N4S/c1-16(2)23-26-21(15-28-23)14-24-12-20-13-25-27-22(20)19-10-8-18(9-11-19)17-6-4-3-5-7-17/h3-11,13,15-16,24H,12,14H2,1-2H3,(H,25,27). The number of aromatic amines is 1. The number of nitrogens with one attached hydrogen (secondary N) is 2. The van der Waals surface area contributed by atoms with Gasteiger partial charge < -0.3 is 5.32 Å². The lowest BCUT2D eigenvalue weighted by Gasteiger charge is -2.07. The molecule has 0 radical (unpaired) electrons. The highest BCUT2D eigenvalue weighted by molar-refractivity contribution is 7.09. The van der Waals surface area contributed by atoms with E-state index in [4.69, 9.17) is 0 Å². The summed E-state index contributed by atoms with van der Waals surface area (Å²) in [5.41, 5.74) is 6.91. The van der Waals surface area contributed by atoms with Crippen molar-refractivity contribution in [1.82, 2.24) is 20.5 Å². The van der Waals surface area contributed by atoms with Crippen molar-refractivity contribution in [3.63, 3.8) is 0 Å². The normalized spacial score (nSPS) is 11.2. The quantitative estimate of drug-likeness (QED) is 0.432. The van der Waals surface area contributed by atoms with Gasteiger partial charge in [-0.15, -0.1) is 11.3 Å². The zero-order chi connectivity index (χ0) is 19.3. The van der Waals surface area contributed by atoms with E-state index in [0.29, 0.717) is 5.92 Å². The maximum Gasteiger partial charge on any atom is 0.0954 e. The molecule has 4 aromatic rings. The molecule has 2 heterocycles. The van der Waals surface area contributed by atoms with E-state index in [1.165, 1.54) is 16.1 Å². The molecule has 0 saturated carbocycles. The molecule has 28 heavy (non-hydrogen) atoms. The second-order valence-corrected chi connectivity index (χ2v) is 8.04. The molecule has 0 bridgehead atoms. The van der Waals surface area contributed by atoms with Crippen LogP contribution >= 0.6 is 11.3 Å². The molecular formula is C23H24N4S. The first-order valence-electron chi connectivity index (χ1n) is 9.54. The van der Waals surface area contributed by atoms with Gasteiger partial charge in [0.2, 0.25) is 0 Å². The van der Waals surface area contributed by atoms with Crippen LogP contribution in [0.25, 0.3) is 22.4 Å². The number of nitrogens with zero attached hydrogens (tertiary/aromatic N) is 2. The van der Waals surface area contributed by atoms with E-state index in [1.807, 2.05) is 12.3 Å². The van der Waals surface area contributed by atoms with Crippen molar-refractivity contribution in [2.45, 2.75) is 32.9 Å². The van der Waals surface area contributed by atoms with Crippen molar-refractivity contribution in [2.24, 2.45) is 0 Å². The fourth-order valence-corrected chi connectivity index (χ4v) is 3.98. The Morgan fingerprint density at radius 3 is 2.36 bits per heavy atom. The van der Waals surface area contributed by atoms with Gasteiger partial charge in [0.25, 0.3) is 0 Å². The van der Waals surface area contributed by atoms with Gasteiger partial charge >= 0.3 is 0 Å². The molecular weight excluding hydrogens is 364 g/mol. The SMILES string of the molecule is CC(C)c1nc(CNCc2cn[nH]c2-c2ccc(-c3ccccc3)cc2)cs1. The van der Waals surface area contributed by atoms with Gasteiger partial charge in [0.05, 0.1) is 22.6 Å². The number of H-pyrrole nitrogens is 1. The molecule has 0 aliphatic carbocycles. The Morgan fingerprint density at radius 2 is 1.64 bits per heavy atom. The molecule has 0 aliphatic rings. The highest BCUT2D eigenvalue weighted by Gasteiger charge is 2.09. The average molecular weight is 389 g/mol. The first-order valence-corrected chi connectivity index (χ1v) is 10.4. The molecule has 0 amide bonds. The summed E-state index contributed by atoms with van der Waals surface area (Å²) in [6, 6.07) is 19.0. The van der Waals surface area contributed by atoms with Crippen LogP contribution in [0.3, 0.4) is 0 Å². The molecule has 4 rings (SSSR count). The number of aromatic nitrogens is 3. The van der Waals surface area contributed by atoms with Gasteiger partial charge in [0.15, 0.2) is 0 Å². The number of benzene rings is 2. The number of hydrogen-bond donors (Lipinski definition) is 2. The van der Waals surface area contributed by atoms with E-state index >= 15 is 0 Å². The largest absolute Gasteiger partial charge is 0.307 e. The Morgan fingerprint density at radius 1 is 0.929 bits per heavy atom. The van der Waals surface area contributed by atoms with E-state index in [2.05, 4.69) is 88.3 Å². The predicted molar refractivity (Wildman–Crippen MR) is 116 cm³/mol. The third kappa shape index (κ3) is 4.21. The smallest absolute Gasteiger partial charge is 0.0954 e. The van der Waals surface area contributed by atoms with Crippen molar-refractivity contribution in [2.75, 3.05) is 0 Å². The monoisotopic (exact) mass is 388 g/mol. The second kappa shape index (κ2) is 8.50. The summed E-state index contributed by atoms with van der Waals surface area (Å²) >= 11 is 1.74. The van der Waals surface area contributed by atoms with Gasteiger partial charge in [-0.05, 0) is 16.7 Å². The highest BCUT2D eigenvalue weighted by atomic mass is 32.1. The van der Waals surface area contributed by atoms with Crippen LogP contribution < -0.4 is 5.32 Å². The van der Waals surface area contributed by atoms with Crippen molar-refractivity contribution < 1.29 is 0 Å². The van der Waals surface area contributed by atoms with Crippen LogP contribution in [0.2, 0.25) is 0 Å². The number of hydrogen-bond acceptors (Lipinski definition) is 4. The van der Waals surface area contributed by atoms with Crippen molar-refractivity contribution >= 4 is 11.3 Å². The van der Waals surface area contributed by atoms with E-state index in [9.17, 15) is 0 Å². The Balaban J connectivity index is 1.42. The van der Waals surface area contributed by atoms with Crippen molar-refractivity contribution in [3.05, 3.63) is 82.4 Å². The Hall–Kier alpha value is -2.76. The molecule has 142 valence electrons. The van der Waals surface area contributed by atoms with E-state index in [1.54, 1.807) is 11.3 Å². The summed E-state index contributed by atoms with van der Waals surface area (Å²) in [5, 5.41) is 14.2. The zero-order valence-electron chi connectivity index (χ0n) is 16.1. The van der Waals surface area contributed by atoms with Crippen LogP contribution in [0.4, 0.5) is 0 Å². The van der Waals surface area contributed by atoms with Gasteiger partial charge in [-0.2, -0.15) is 5.10 Å². The molecule has 5 heteroatoms. The summed E-state index contributed by atoms with van der Waals surface area (Å²) in [6.45, 7) is 5.87. The van der Waals surface area contributed by atoms with Gasteiger partial charge in [0, 0.05) is 30.0 Å². The van der Waals surface area contributed by atoms with Gasteiger partial charge in [0.1, 0.15) is 0 Å².